The van der Waals surface area contributed by atoms with Gasteiger partial charge >= 0.3 is 0 Å². The number of nitrogens with zero attached hydrogens (tertiary/aromatic N) is 1. The van der Waals surface area contributed by atoms with Crippen LogP contribution in [0.3, 0.4) is 0 Å². The SMILES string of the molecule is CCCNC(=O)[C@H]1[C@@H]2OC3(CC2Br)C(C(=O)NC(C)CCC)N(CCCCCO)C(=O)[C@H]13. The van der Waals surface area contributed by atoms with Gasteiger partial charge in [-0.1, -0.05) is 36.2 Å². The largest absolute Gasteiger partial charge is 0.396 e. The number of aliphatic hydroxyl groups excluding tert-OH is 1. The summed E-state index contributed by atoms with van der Waals surface area (Å²) >= 11 is 3.67. The number of carbonyl (C=O) groups is 3. The number of likely N-dealkylation sites (tertiary alicyclic amines) is 1. The molecule has 3 N–H and O–H groups in total. The molecule has 0 aromatic heterocycles. The summed E-state index contributed by atoms with van der Waals surface area (Å²) in [4.78, 5) is 41.8. The number of unbranched alkanes of at least 4 members (excludes halogenated alkanes) is 2. The average molecular weight is 516 g/mol. The molecule has 3 aliphatic rings. The minimum absolute atomic E-state index is 0.00342. The van der Waals surface area contributed by atoms with E-state index in [4.69, 9.17) is 9.84 Å². The van der Waals surface area contributed by atoms with Crippen LogP contribution in [0.4, 0.5) is 0 Å². The van der Waals surface area contributed by atoms with Crippen LogP contribution in [-0.4, -0.2) is 76.0 Å². The number of hydrogen-bond donors (Lipinski definition) is 3. The van der Waals surface area contributed by atoms with Crippen LogP contribution in [-0.2, 0) is 19.1 Å². The summed E-state index contributed by atoms with van der Waals surface area (Å²) in [5.41, 5.74) is -0.989. The Kier molecular flexibility index (Phi) is 8.60. The normalized spacial score (nSPS) is 34.0. The van der Waals surface area contributed by atoms with Crippen molar-refractivity contribution in [1.82, 2.24) is 15.5 Å². The number of carbonyl (C=O) groups excluding carboxylic acids is 3. The lowest BCUT2D eigenvalue weighted by molar-refractivity contribution is -0.142. The van der Waals surface area contributed by atoms with Gasteiger partial charge in [-0.3, -0.25) is 14.4 Å². The van der Waals surface area contributed by atoms with Crippen molar-refractivity contribution in [2.75, 3.05) is 19.7 Å². The molecule has 0 aromatic rings. The molecule has 3 saturated heterocycles. The van der Waals surface area contributed by atoms with E-state index in [9.17, 15) is 14.4 Å². The Morgan fingerprint density at radius 2 is 2.00 bits per heavy atom. The minimum atomic E-state index is -0.989. The number of amides is 3. The second-order valence-corrected chi connectivity index (χ2v) is 10.6. The van der Waals surface area contributed by atoms with Crippen molar-refractivity contribution in [1.29, 1.82) is 0 Å². The molecule has 1 spiro atoms. The molecule has 0 radical (unpaired) electrons. The van der Waals surface area contributed by atoms with Crippen molar-refractivity contribution in [2.24, 2.45) is 11.8 Å². The first-order valence-corrected chi connectivity index (χ1v) is 13.0. The molecule has 0 aliphatic carbocycles. The van der Waals surface area contributed by atoms with Gasteiger partial charge in [-0.05, 0) is 45.4 Å². The summed E-state index contributed by atoms with van der Waals surface area (Å²) in [6.07, 6.45) is 4.84. The smallest absolute Gasteiger partial charge is 0.246 e. The van der Waals surface area contributed by atoms with E-state index in [1.807, 2.05) is 13.8 Å². The van der Waals surface area contributed by atoms with Gasteiger partial charge < -0.3 is 25.4 Å². The Hall–Kier alpha value is -1.19. The van der Waals surface area contributed by atoms with Gasteiger partial charge in [-0.2, -0.15) is 0 Å². The Morgan fingerprint density at radius 3 is 2.66 bits per heavy atom. The molecule has 3 amide bonds. The number of nitrogens with one attached hydrogen (secondary N) is 2. The Bertz CT molecular complexity index is 707. The van der Waals surface area contributed by atoms with E-state index < -0.39 is 29.6 Å². The van der Waals surface area contributed by atoms with Crippen LogP contribution in [0.15, 0.2) is 0 Å². The second kappa shape index (κ2) is 10.8. The highest BCUT2D eigenvalue weighted by atomic mass is 79.9. The molecule has 7 atom stereocenters. The van der Waals surface area contributed by atoms with Crippen LogP contribution >= 0.6 is 15.9 Å². The van der Waals surface area contributed by atoms with Crippen LogP contribution < -0.4 is 10.6 Å². The minimum Gasteiger partial charge on any atom is -0.396 e. The number of hydrogen-bond acceptors (Lipinski definition) is 5. The molecular weight excluding hydrogens is 478 g/mol. The van der Waals surface area contributed by atoms with E-state index in [-0.39, 0.29) is 35.2 Å². The summed E-state index contributed by atoms with van der Waals surface area (Å²) in [5, 5.41) is 15.1. The molecule has 182 valence electrons. The first kappa shape index (κ1) is 25.4. The molecule has 3 rings (SSSR count). The van der Waals surface area contributed by atoms with Crippen molar-refractivity contribution >= 4 is 33.7 Å². The van der Waals surface area contributed by atoms with E-state index in [0.717, 1.165) is 25.7 Å². The monoisotopic (exact) mass is 515 g/mol. The van der Waals surface area contributed by atoms with Crippen LogP contribution in [0.2, 0.25) is 0 Å². The highest BCUT2D eigenvalue weighted by Crippen LogP contribution is 2.60. The van der Waals surface area contributed by atoms with E-state index >= 15 is 0 Å². The maximum atomic E-state index is 13.7. The Morgan fingerprint density at radius 1 is 1.25 bits per heavy atom. The zero-order valence-corrected chi connectivity index (χ0v) is 21.0. The van der Waals surface area contributed by atoms with E-state index in [1.54, 1.807) is 4.90 Å². The first-order chi connectivity index (χ1) is 15.3. The van der Waals surface area contributed by atoms with Crippen molar-refractivity contribution in [2.45, 2.75) is 94.3 Å². The third-order valence-corrected chi connectivity index (χ3v) is 7.90. The Labute approximate surface area is 199 Å². The van der Waals surface area contributed by atoms with E-state index in [1.165, 1.54) is 0 Å². The fraction of sp³-hybridized carbons (Fsp3) is 0.870. The van der Waals surface area contributed by atoms with E-state index in [0.29, 0.717) is 32.4 Å². The van der Waals surface area contributed by atoms with Gasteiger partial charge in [0.1, 0.15) is 11.6 Å². The van der Waals surface area contributed by atoms with Crippen molar-refractivity contribution in [3.8, 4) is 0 Å². The first-order valence-electron chi connectivity index (χ1n) is 12.1. The lowest BCUT2D eigenvalue weighted by Gasteiger charge is -2.34. The standard InChI is InChI=1S/C23H38BrN3O5/c1-4-9-14(3)26-21(30)19-23-13-15(24)18(32-23)16(20(29)25-10-5-2)17(23)22(31)27(19)11-7-6-8-12-28/h14-19,28H,4-13H2,1-3H3,(H,25,29)(H,26,30)/t14?,15?,16-,17+,18-,19?,23?/m1/s1. The molecule has 0 aromatic carbocycles. The van der Waals surface area contributed by atoms with Gasteiger partial charge in [0.2, 0.25) is 17.7 Å². The van der Waals surface area contributed by atoms with Gasteiger partial charge in [-0.25, -0.2) is 0 Å². The van der Waals surface area contributed by atoms with Crippen molar-refractivity contribution in [3.05, 3.63) is 0 Å². The van der Waals surface area contributed by atoms with E-state index in [2.05, 4.69) is 33.5 Å². The zero-order valence-electron chi connectivity index (χ0n) is 19.4. The number of alkyl halides is 1. The lowest BCUT2D eigenvalue weighted by atomic mass is 9.70. The number of fused-ring (bicyclic) bond motifs is 1. The summed E-state index contributed by atoms with van der Waals surface area (Å²) in [5.74, 6) is -1.76. The summed E-state index contributed by atoms with van der Waals surface area (Å²) in [6, 6.07) is -0.751. The number of rotatable bonds is 12. The van der Waals surface area contributed by atoms with Crippen LogP contribution in [0.1, 0.15) is 65.7 Å². The van der Waals surface area contributed by atoms with Crippen LogP contribution in [0.25, 0.3) is 0 Å². The molecule has 3 fully saturated rings. The third kappa shape index (κ3) is 4.57. The molecule has 8 nitrogen and oxygen atoms in total. The van der Waals surface area contributed by atoms with Gasteiger partial charge in [-0.15, -0.1) is 0 Å². The van der Waals surface area contributed by atoms with Gasteiger partial charge in [0.25, 0.3) is 0 Å². The maximum absolute atomic E-state index is 13.7. The predicted octanol–water partition coefficient (Wildman–Crippen LogP) is 1.73. The molecule has 4 unspecified atom stereocenters. The number of aliphatic hydroxyl groups is 1. The number of ether oxygens (including phenoxy) is 1. The predicted molar refractivity (Wildman–Crippen MR) is 124 cm³/mol. The van der Waals surface area contributed by atoms with Crippen molar-refractivity contribution < 1.29 is 24.2 Å². The van der Waals surface area contributed by atoms with Crippen LogP contribution in [0, 0.1) is 11.8 Å². The molecule has 3 heterocycles. The molecule has 9 heteroatoms. The molecule has 3 aliphatic heterocycles. The highest BCUT2D eigenvalue weighted by molar-refractivity contribution is 9.09. The maximum Gasteiger partial charge on any atom is 0.246 e. The highest BCUT2D eigenvalue weighted by Gasteiger charge is 2.76. The van der Waals surface area contributed by atoms with Crippen molar-refractivity contribution in [3.63, 3.8) is 0 Å². The third-order valence-electron chi connectivity index (χ3n) is 7.06. The average Bonchev–Trinajstić information content (AvgIpc) is 3.33. The fourth-order valence-corrected chi connectivity index (χ4v) is 6.68. The summed E-state index contributed by atoms with van der Waals surface area (Å²) in [7, 11) is 0. The lowest BCUT2D eigenvalue weighted by Crippen LogP contribution is -2.57. The topological polar surface area (TPSA) is 108 Å². The van der Waals surface area contributed by atoms with Gasteiger partial charge in [0.05, 0.1) is 17.9 Å². The second-order valence-electron chi connectivity index (χ2n) is 9.47. The van der Waals surface area contributed by atoms with Crippen LogP contribution in [0.5, 0.6) is 0 Å². The quantitative estimate of drug-likeness (QED) is 0.271. The molecular formula is C23H38BrN3O5. The van der Waals surface area contributed by atoms with Gasteiger partial charge in [0, 0.05) is 30.6 Å². The number of halogens is 1. The molecule has 0 saturated carbocycles. The molecule has 2 bridgehead atoms. The fourth-order valence-electron chi connectivity index (χ4n) is 5.73. The summed E-state index contributed by atoms with van der Waals surface area (Å²) < 4.78 is 6.44. The zero-order chi connectivity index (χ0) is 23.5. The summed E-state index contributed by atoms with van der Waals surface area (Å²) in [6.45, 7) is 7.10. The Balaban J connectivity index is 1.90. The van der Waals surface area contributed by atoms with Gasteiger partial charge in [0.15, 0.2) is 0 Å². The molecule has 32 heavy (non-hydrogen) atoms.